The normalized spacial score (nSPS) is 17.7. The molecule has 1 atom stereocenters. The van der Waals surface area contributed by atoms with Gasteiger partial charge in [0.05, 0.1) is 16.3 Å². The molecule has 1 aromatic heterocycles. The van der Waals surface area contributed by atoms with Gasteiger partial charge in [-0.05, 0) is 95.6 Å². The van der Waals surface area contributed by atoms with E-state index < -0.39 is 0 Å². The molecule has 0 fully saturated rings. The summed E-state index contributed by atoms with van der Waals surface area (Å²) in [6, 6.07) is 23.0. The first kappa shape index (κ1) is 27.0. The first-order valence-electron chi connectivity index (χ1n) is 13.8. The van der Waals surface area contributed by atoms with Crippen molar-refractivity contribution in [2.75, 3.05) is 38.0 Å². The highest BCUT2D eigenvalue weighted by Crippen LogP contribution is 2.41. The van der Waals surface area contributed by atoms with Crippen LogP contribution in [0, 0.1) is 5.82 Å². The van der Waals surface area contributed by atoms with E-state index in [2.05, 4.69) is 64.4 Å². The standard InChI is InChI=1S/C34H33FN4OS/c1-37(2)27-16-10-22(11-17-27)20-25-6-5-7-29-31(25)36-34-39(32(29)24-12-18-28(19-13-24)38(3)4)33(40)30(41-34)21-23-8-14-26(35)15-9-23/h8-21,32H,5-7H2,1-4H3/b25-20+,30-21+/t32-/m0/s1. The second-order valence-electron chi connectivity index (χ2n) is 11.0. The zero-order valence-corrected chi connectivity index (χ0v) is 24.6. The molecular weight excluding hydrogens is 531 g/mol. The van der Waals surface area contributed by atoms with E-state index >= 15 is 0 Å². The van der Waals surface area contributed by atoms with Crippen LogP contribution >= 0.6 is 11.3 Å². The van der Waals surface area contributed by atoms with Crippen LogP contribution in [0.15, 0.2) is 99.4 Å². The molecule has 5 nitrogen and oxygen atoms in total. The fourth-order valence-electron chi connectivity index (χ4n) is 5.59. The fraction of sp³-hybridized carbons (Fsp3) is 0.235. The van der Waals surface area contributed by atoms with Crippen molar-refractivity contribution in [2.24, 2.45) is 4.99 Å². The molecular formula is C34H33FN4OS. The number of nitrogens with zero attached hydrogens (tertiary/aromatic N) is 4. The van der Waals surface area contributed by atoms with Crippen LogP contribution in [-0.2, 0) is 0 Å². The van der Waals surface area contributed by atoms with Gasteiger partial charge in [0, 0.05) is 39.6 Å². The van der Waals surface area contributed by atoms with Gasteiger partial charge in [0.1, 0.15) is 5.82 Å². The highest BCUT2D eigenvalue weighted by Gasteiger charge is 2.32. The van der Waals surface area contributed by atoms with Gasteiger partial charge in [-0.3, -0.25) is 9.36 Å². The lowest BCUT2D eigenvalue weighted by molar-refractivity contribution is 0.553. The Morgan fingerprint density at radius 2 is 1.41 bits per heavy atom. The fourth-order valence-corrected chi connectivity index (χ4v) is 6.59. The third kappa shape index (κ3) is 5.30. The topological polar surface area (TPSA) is 40.8 Å². The van der Waals surface area contributed by atoms with E-state index in [4.69, 9.17) is 4.99 Å². The number of allylic oxidation sites excluding steroid dienone is 2. The molecule has 0 radical (unpaired) electrons. The molecule has 6 rings (SSSR count). The number of hydrogen-bond donors (Lipinski definition) is 0. The van der Waals surface area contributed by atoms with E-state index in [1.807, 2.05) is 38.8 Å². The average Bonchev–Trinajstić information content (AvgIpc) is 3.28. The Kier molecular flexibility index (Phi) is 7.22. The highest BCUT2D eigenvalue weighted by atomic mass is 32.1. The van der Waals surface area contributed by atoms with Crippen molar-refractivity contribution in [3.8, 4) is 0 Å². The van der Waals surface area contributed by atoms with Gasteiger partial charge in [-0.15, -0.1) is 0 Å². The van der Waals surface area contributed by atoms with Gasteiger partial charge in [0.15, 0.2) is 4.80 Å². The lowest BCUT2D eigenvalue weighted by atomic mass is 9.83. The monoisotopic (exact) mass is 564 g/mol. The SMILES string of the molecule is CN(C)c1ccc(/C=C2\CCCC3=C2N=c2s/c(=C/c4ccc(F)cc4)c(=O)n2[C@H]3c2ccc(N(C)C)cc2)cc1. The molecule has 41 heavy (non-hydrogen) atoms. The van der Waals surface area contributed by atoms with Crippen molar-refractivity contribution in [1.82, 2.24) is 4.57 Å². The largest absolute Gasteiger partial charge is 0.378 e. The van der Waals surface area contributed by atoms with Crippen LogP contribution in [0.5, 0.6) is 0 Å². The van der Waals surface area contributed by atoms with E-state index in [0.29, 0.717) is 9.33 Å². The summed E-state index contributed by atoms with van der Waals surface area (Å²) in [6.07, 6.45) is 6.91. The third-order valence-electron chi connectivity index (χ3n) is 7.78. The molecule has 0 N–H and O–H groups in total. The van der Waals surface area contributed by atoms with Gasteiger partial charge < -0.3 is 9.80 Å². The van der Waals surface area contributed by atoms with E-state index in [1.165, 1.54) is 34.6 Å². The van der Waals surface area contributed by atoms with Crippen molar-refractivity contribution >= 4 is 34.9 Å². The molecule has 3 aromatic carbocycles. The molecule has 0 saturated heterocycles. The van der Waals surface area contributed by atoms with Gasteiger partial charge in [-0.2, -0.15) is 0 Å². The molecule has 7 heteroatoms. The highest BCUT2D eigenvalue weighted by molar-refractivity contribution is 7.07. The number of halogens is 1. The maximum atomic E-state index is 13.9. The Hall–Kier alpha value is -4.23. The minimum Gasteiger partial charge on any atom is -0.378 e. The summed E-state index contributed by atoms with van der Waals surface area (Å²) in [7, 11) is 8.13. The van der Waals surface area contributed by atoms with Crippen LogP contribution in [0.1, 0.15) is 42.0 Å². The van der Waals surface area contributed by atoms with Gasteiger partial charge in [0.25, 0.3) is 5.56 Å². The minimum atomic E-state index is -0.298. The second kappa shape index (κ2) is 11.0. The van der Waals surface area contributed by atoms with Crippen molar-refractivity contribution in [1.29, 1.82) is 0 Å². The van der Waals surface area contributed by atoms with Gasteiger partial charge in [-0.1, -0.05) is 47.7 Å². The Balaban J connectivity index is 1.53. The number of thiazole rings is 1. The molecule has 0 spiro atoms. The zero-order chi connectivity index (χ0) is 28.7. The number of aromatic nitrogens is 1. The average molecular weight is 565 g/mol. The number of rotatable bonds is 5. The summed E-state index contributed by atoms with van der Waals surface area (Å²) >= 11 is 1.40. The minimum absolute atomic E-state index is 0.0679. The van der Waals surface area contributed by atoms with E-state index in [9.17, 15) is 9.18 Å². The summed E-state index contributed by atoms with van der Waals surface area (Å²) in [4.78, 5) is 23.9. The van der Waals surface area contributed by atoms with Crippen LogP contribution < -0.4 is 24.7 Å². The van der Waals surface area contributed by atoms with E-state index in [-0.39, 0.29) is 17.4 Å². The Bertz CT molecular complexity index is 1830. The Morgan fingerprint density at radius 3 is 2.05 bits per heavy atom. The van der Waals surface area contributed by atoms with Crippen LogP contribution in [0.4, 0.5) is 15.8 Å². The lowest BCUT2D eigenvalue weighted by Gasteiger charge is -2.31. The van der Waals surface area contributed by atoms with Crippen LogP contribution in [0.3, 0.4) is 0 Å². The number of fused-ring (bicyclic) bond motifs is 1. The molecule has 2 heterocycles. The van der Waals surface area contributed by atoms with Gasteiger partial charge in [0.2, 0.25) is 0 Å². The summed E-state index contributed by atoms with van der Waals surface area (Å²) in [5.74, 6) is -0.298. The summed E-state index contributed by atoms with van der Waals surface area (Å²) < 4.78 is 16.0. The van der Waals surface area contributed by atoms with Gasteiger partial charge >= 0.3 is 0 Å². The molecule has 0 unspecified atom stereocenters. The molecule has 0 amide bonds. The second-order valence-corrected chi connectivity index (χ2v) is 12.0. The summed E-state index contributed by atoms with van der Waals surface area (Å²) in [6.45, 7) is 0. The van der Waals surface area contributed by atoms with Crippen LogP contribution in [0.25, 0.3) is 12.2 Å². The van der Waals surface area contributed by atoms with Crippen molar-refractivity contribution in [3.63, 3.8) is 0 Å². The molecule has 1 aliphatic carbocycles. The molecule has 0 bridgehead atoms. The predicted molar refractivity (Wildman–Crippen MR) is 168 cm³/mol. The molecule has 4 aromatic rings. The van der Waals surface area contributed by atoms with Crippen molar-refractivity contribution < 1.29 is 4.39 Å². The molecule has 208 valence electrons. The third-order valence-corrected chi connectivity index (χ3v) is 8.76. The smallest absolute Gasteiger partial charge is 0.271 e. The number of hydrogen-bond acceptors (Lipinski definition) is 5. The van der Waals surface area contributed by atoms with Gasteiger partial charge in [-0.25, -0.2) is 9.38 Å². The maximum absolute atomic E-state index is 13.9. The predicted octanol–water partition coefficient (Wildman–Crippen LogP) is 5.75. The Labute approximate surface area is 243 Å². The first-order valence-corrected chi connectivity index (χ1v) is 14.7. The van der Waals surface area contributed by atoms with Crippen LogP contribution in [-0.4, -0.2) is 32.8 Å². The molecule has 1 aliphatic heterocycles. The lowest BCUT2D eigenvalue weighted by Crippen LogP contribution is -2.39. The zero-order valence-electron chi connectivity index (χ0n) is 23.8. The van der Waals surface area contributed by atoms with Crippen molar-refractivity contribution in [3.05, 3.63) is 132 Å². The molecule has 0 saturated carbocycles. The van der Waals surface area contributed by atoms with E-state index in [0.717, 1.165) is 53.0 Å². The summed E-state index contributed by atoms with van der Waals surface area (Å²) in [5.41, 5.74) is 8.59. The maximum Gasteiger partial charge on any atom is 0.271 e. The molecule has 2 aliphatic rings. The first-order chi connectivity index (χ1) is 19.8. The number of anilines is 2. The number of benzene rings is 3. The van der Waals surface area contributed by atoms with Crippen LogP contribution in [0.2, 0.25) is 0 Å². The summed E-state index contributed by atoms with van der Waals surface area (Å²) in [5, 5.41) is 0. The Morgan fingerprint density at radius 1 is 0.829 bits per heavy atom. The van der Waals surface area contributed by atoms with E-state index in [1.54, 1.807) is 12.1 Å². The quantitative estimate of drug-likeness (QED) is 0.310. The van der Waals surface area contributed by atoms with Crippen molar-refractivity contribution in [2.45, 2.75) is 25.3 Å².